The molecular weight excluding hydrogens is 456 g/mol. The van der Waals surface area contributed by atoms with Crippen molar-refractivity contribution >= 4 is 27.8 Å². The lowest BCUT2D eigenvalue weighted by atomic mass is 9.87. The minimum absolute atomic E-state index is 0.0129. The first-order valence-electron chi connectivity index (χ1n) is 12.2. The number of hydrogen-bond acceptors (Lipinski definition) is 6. The van der Waals surface area contributed by atoms with Crippen molar-refractivity contribution in [2.24, 2.45) is 0 Å². The Balaban J connectivity index is 1.39. The van der Waals surface area contributed by atoms with Gasteiger partial charge in [0.05, 0.1) is 28.8 Å². The number of hydrogen-bond donors (Lipinski definition) is 1. The normalized spacial score (nSPS) is 18.1. The lowest BCUT2D eigenvalue weighted by Gasteiger charge is -2.28. The van der Waals surface area contributed by atoms with Crippen molar-refractivity contribution in [1.29, 1.82) is 0 Å². The summed E-state index contributed by atoms with van der Waals surface area (Å²) >= 11 is 0. The van der Waals surface area contributed by atoms with Crippen LogP contribution in [-0.4, -0.2) is 27.1 Å². The number of para-hydroxylation sites is 1. The fourth-order valence-electron chi connectivity index (χ4n) is 5.29. The molecular formula is C29H26N2O5. The van der Waals surface area contributed by atoms with Gasteiger partial charge in [-0.3, -0.25) is 0 Å². The van der Waals surface area contributed by atoms with Crippen molar-refractivity contribution in [3.63, 3.8) is 0 Å². The van der Waals surface area contributed by atoms with Crippen molar-refractivity contribution in [3.8, 4) is 17.2 Å². The van der Waals surface area contributed by atoms with E-state index in [0.29, 0.717) is 34.0 Å². The van der Waals surface area contributed by atoms with Crippen LogP contribution in [0.4, 0.5) is 0 Å². The minimum atomic E-state index is -1.03. The summed E-state index contributed by atoms with van der Waals surface area (Å²) in [6.45, 7) is 3.90. The number of ether oxygens (including phenoxy) is 1. The largest absolute Gasteiger partial charge is 0.490 e. The summed E-state index contributed by atoms with van der Waals surface area (Å²) < 4.78 is 18.0. The van der Waals surface area contributed by atoms with Crippen molar-refractivity contribution in [2.75, 3.05) is 0 Å². The van der Waals surface area contributed by atoms with E-state index < -0.39 is 5.97 Å². The third-order valence-corrected chi connectivity index (χ3v) is 7.20. The highest BCUT2D eigenvalue weighted by Gasteiger charge is 2.28. The van der Waals surface area contributed by atoms with Gasteiger partial charge in [-0.1, -0.05) is 24.3 Å². The maximum absolute atomic E-state index is 12.5. The van der Waals surface area contributed by atoms with Crippen LogP contribution in [0.1, 0.15) is 59.0 Å². The Morgan fingerprint density at radius 1 is 1.08 bits per heavy atom. The van der Waals surface area contributed by atoms with Crippen molar-refractivity contribution in [1.82, 2.24) is 9.97 Å². The van der Waals surface area contributed by atoms with Gasteiger partial charge in [0.25, 0.3) is 0 Å². The fourth-order valence-corrected chi connectivity index (χ4v) is 5.29. The maximum Gasteiger partial charge on any atom is 0.336 e. The van der Waals surface area contributed by atoms with E-state index >= 15 is 0 Å². The Hall–Kier alpha value is -4.13. The summed E-state index contributed by atoms with van der Waals surface area (Å²) in [6, 6.07) is 13.2. The Labute approximate surface area is 207 Å². The lowest BCUT2D eigenvalue weighted by Crippen LogP contribution is -2.23. The molecule has 0 radical (unpaired) electrons. The predicted octanol–water partition coefficient (Wildman–Crippen LogP) is 7.06. The van der Waals surface area contributed by atoms with Crippen LogP contribution in [0.15, 0.2) is 63.8 Å². The number of aromatic carboxylic acids is 1. The molecule has 1 saturated carbocycles. The van der Waals surface area contributed by atoms with Crippen LogP contribution in [0, 0.1) is 13.8 Å². The number of carboxylic acid groups (broad SMARTS) is 1. The number of aryl methyl sites for hydroxylation is 2. The zero-order chi connectivity index (χ0) is 24.8. The highest BCUT2D eigenvalue weighted by Crippen LogP contribution is 2.39. The predicted molar refractivity (Wildman–Crippen MR) is 136 cm³/mol. The van der Waals surface area contributed by atoms with E-state index in [0.717, 1.165) is 53.7 Å². The summed E-state index contributed by atoms with van der Waals surface area (Å²) in [6.07, 6.45) is 6.78. The SMILES string of the molecule is Cc1c(-c2cc(C(=O)O)c3c(O[C@H]4CC[C@@H](c5ncco5)CC4)ccc(C)c3n2)oc2ccccc12. The van der Waals surface area contributed by atoms with E-state index in [4.69, 9.17) is 18.6 Å². The second-order valence-electron chi connectivity index (χ2n) is 9.48. The monoisotopic (exact) mass is 482 g/mol. The molecule has 6 rings (SSSR count). The number of pyridine rings is 1. The second-order valence-corrected chi connectivity index (χ2v) is 9.48. The van der Waals surface area contributed by atoms with Crippen LogP contribution in [0.5, 0.6) is 5.75 Å². The molecule has 1 N–H and O–H groups in total. The van der Waals surface area contributed by atoms with E-state index in [9.17, 15) is 9.90 Å². The van der Waals surface area contributed by atoms with E-state index in [1.165, 1.54) is 0 Å². The van der Waals surface area contributed by atoms with Crippen LogP contribution in [0.2, 0.25) is 0 Å². The molecule has 3 aromatic heterocycles. The molecule has 0 bridgehead atoms. The number of oxazole rings is 1. The molecule has 1 aliphatic carbocycles. The van der Waals surface area contributed by atoms with Crippen molar-refractivity contribution in [2.45, 2.75) is 51.6 Å². The van der Waals surface area contributed by atoms with Gasteiger partial charge in [-0.15, -0.1) is 0 Å². The van der Waals surface area contributed by atoms with Gasteiger partial charge < -0.3 is 18.7 Å². The molecule has 0 unspecified atom stereocenters. The molecule has 0 saturated heterocycles. The summed E-state index contributed by atoms with van der Waals surface area (Å²) in [7, 11) is 0. The summed E-state index contributed by atoms with van der Waals surface area (Å²) in [5.74, 6) is 1.17. The Morgan fingerprint density at radius 3 is 2.61 bits per heavy atom. The molecule has 3 heterocycles. The third-order valence-electron chi connectivity index (χ3n) is 7.20. The van der Waals surface area contributed by atoms with E-state index in [-0.39, 0.29) is 11.7 Å². The Bertz CT molecular complexity index is 1580. The fraction of sp³-hybridized carbons (Fsp3) is 0.276. The van der Waals surface area contributed by atoms with Crippen LogP contribution in [0.25, 0.3) is 33.3 Å². The molecule has 5 aromatic rings. The average molecular weight is 483 g/mol. The molecule has 7 nitrogen and oxygen atoms in total. The Kier molecular flexibility index (Phi) is 5.48. The van der Waals surface area contributed by atoms with Gasteiger partial charge in [-0.2, -0.15) is 0 Å². The quantitative estimate of drug-likeness (QED) is 0.286. The number of rotatable bonds is 5. The zero-order valence-corrected chi connectivity index (χ0v) is 20.2. The van der Waals surface area contributed by atoms with Crippen LogP contribution >= 0.6 is 0 Å². The molecule has 0 amide bonds. The molecule has 1 aliphatic rings. The van der Waals surface area contributed by atoms with Gasteiger partial charge in [0.2, 0.25) is 0 Å². The number of fused-ring (bicyclic) bond motifs is 2. The van der Waals surface area contributed by atoms with Gasteiger partial charge in [0.1, 0.15) is 23.3 Å². The highest BCUT2D eigenvalue weighted by atomic mass is 16.5. The summed E-state index contributed by atoms with van der Waals surface area (Å²) in [5, 5.41) is 11.7. The van der Waals surface area contributed by atoms with Crippen LogP contribution in [0.3, 0.4) is 0 Å². The van der Waals surface area contributed by atoms with Crippen LogP contribution in [-0.2, 0) is 0 Å². The minimum Gasteiger partial charge on any atom is -0.490 e. The molecule has 36 heavy (non-hydrogen) atoms. The maximum atomic E-state index is 12.5. The Morgan fingerprint density at radius 2 is 1.89 bits per heavy atom. The van der Waals surface area contributed by atoms with E-state index in [2.05, 4.69) is 4.98 Å². The second kappa shape index (κ2) is 8.82. The average Bonchev–Trinajstić information content (AvgIpc) is 3.54. The molecule has 0 spiro atoms. The van der Waals surface area contributed by atoms with E-state index in [1.54, 1.807) is 18.5 Å². The number of furan rings is 1. The molecule has 0 atom stereocenters. The standard InChI is InChI=1S/C29H26N2O5/c1-16-7-12-24(35-19-10-8-18(9-11-19)28-30-13-14-34-28)25-21(29(32)33)15-22(31-26(16)25)27-17(2)20-5-3-4-6-23(20)36-27/h3-7,12-15,18-19H,8-11H2,1-2H3,(H,32,33)/t18-,19+. The molecule has 2 aromatic carbocycles. The molecule has 182 valence electrons. The first kappa shape index (κ1) is 22.3. The third kappa shape index (κ3) is 3.81. The molecule has 7 heteroatoms. The van der Waals surface area contributed by atoms with Gasteiger partial charge in [0.15, 0.2) is 11.7 Å². The number of carbonyl (C=O) groups is 1. The topological polar surface area (TPSA) is 98.6 Å². The van der Waals surface area contributed by atoms with E-state index in [1.807, 2.05) is 50.2 Å². The number of benzene rings is 2. The van der Waals surface area contributed by atoms with Gasteiger partial charge >= 0.3 is 5.97 Å². The number of nitrogens with zero attached hydrogens (tertiary/aromatic N) is 2. The van der Waals surface area contributed by atoms with Crippen molar-refractivity contribution < 1.29 is 23.5 Å². The van der Waals surface area contributed by atoms with Gasteiger partial charge in [-0.05, 0) is 63.3 Å². The number of aromatic nitrogens is 2. The summed E-state index contributed by atoms with van der Waals surface area (Å²) in [5.41, 5.74) is 3.82. The van der Waals surface area contributed by atoms with Gasteiger partial charge in [-0.25, -0.2) is 14.8 Å². The van der Waals surface area contributed by atoms with Gasteiger partial charge in [0, 0.05) is 16.9 Å². The van der Waals surface area contributed by atoms with Crippen molar-refractivity contribution in [3.05, 3.63) is 77.5 Å². The summed E-state index contributed by atoms with van der Waals surface area (Å²) in [4.78, 5) is 21.6. The first-order valence-corrected chi connectivity index (χ1v) is 12.2. The number of carboxylic acids is 1. The lowest BCUT2D eigenvalue weighted by molar-refractivity contribution is 0.0698. The first-order chi connectivity index (χ1) is 17.5. The molecule has 0 aliphatic heterocycles. The molecule has 1 fully saturated rings. The highest BCUT2D eigenvalue weighted by molar-refractivity contribution is 6.07. The van der Waals surface area contributed by atoms with Crippen LogP contribution < -0.4 is 4.74 Å². The zero-order valence-electron chi connectivity index (χ0n) is 20.2. The smallest absolute Gasteiger partial charge is 0.336 e.